The fourth-order valence-corrected chi connectivity index (χ4v) is 2.77. The average Bonchev–Trinajstić information content (AvgIpc) is 1.88. The molecule has 1 aromatic rings. The van der Waals surface area contributed by atoms with Crippen LogP contribution in [0.2, 0.25) is 9.36 Å². The molecule has 0 N–H and O–H groups in total. The van der Waals surface area contributed by atoms with E-state index in [1.54, 1.807) is 0 Å². The van der Waals surface area contributed by atoms with Gasteiger partial charge in [-0.05, 0) is 0 Å². The zero-order valence-electron chi connectivity index (χ0n) is 6.37. The van der Waals surface area contributed by atoms with Crippen molar-refractivity contribution in [2.24, 2.45) is 0 Å². The maximum atomic E-state index is 5.62. The van der Waals surface area contributed by atoms with Crippen LogP contribution in [0.15, 0.2) is 30.3 Å². The van der Waals surface area contributed by atoms with Crippen LogP contribution in [0.4, 0.5) is 0 Å². The van der Waals surface area contributed by atoms with E-state index >= 15 is 0 Å². The second-order valence-electron chi connectivity index (χ2n) is 2.48. The first-order valence-corrected chi connectivity index (χ1v) is 11.4. The first-order chi connectivity index (χ1) is 4.79. The van der Waals surface area contributed by atoms with Gasteiger partial charge in [-0.3, -0.25) is 0 Å². The topological polar surface area (TPSA) is 9.23 Å². The van der Waals surface area contributed by atoms with Gasteiger partial charge in [-0.2, -0.15) is 0 Å². The fraction of sp³-hybridized carbons (Fsp3) is 0.250. The Labute approximate surface area is 70.2 Å². The molecular weight excluding hydrogens is 227 g/mol. The van der Waals surface area contributed by atoms with Crippen molar-refractivity contribution in [1.82, 2.24) is 0 Å². The van der Waals surface area contributed by atoms with E-state index in [0.717, 1.165) is 5.75 Å². The second-order valence-corrected chi connectivity index (χ2v) is 9.14. The molecule has 0 spiro atoms. The Morgan fingerprint density at radius 1 is 1.10 bits per heavy atom. The van der Waals surface area contributed by atoms with Crippen LogP contribution in [0, 0.1) is 0 Å². The summed E-state index contributed by atoms with van der Waals surface area (Å²) in [6, 6.07) is 10.0. The van der Waals surface area contributed by atoms with Gasteiger partial charge in [-0.25, -0.2) is 0 Å². The van der Waals surface area contributed by atoms with Gasteiger partial charge < -0.3 is 0 Å². The van der Waals surface area contributed by atoms with E-state index in [0.29, 0.717) is 0 Å². The van der Waals surface area contributed by atoms with Crippen LogP contribution in [-0.4, -0.2) is 21.9 Å². The van der Waals surface area contributed by atoms with Crippen LogP contribution in [0.25, 0.3) is 0 Å². The van der Waals surface area contributed by atoms with Gasteiger partial charge in [0.1, 0.15) is 0 Å². The summed E-state index contributed by atoms with van der Waals surface area (Å²) in [7, 11) is 0. The quantitative estimate of drug-likeness (QED) is 0.768. The van der Waals surface area contributed by atoms with E-state index in [2.05, 4.69) is 9.36 Å². The van der Waals surface area contributed by atoms with E-state index in [4.69, 9.17) is 2.85 Å². The van der Waals surface area contributed by atoms with Crippen molar-refractivity contribution in [2.45, 2.75) is 9.36 Å². The molecule has 0 unspecified atom stereocenters. The molecule has 0 aliphatic rings. The third kappa shape index (κ3) is 2.65. The summed E-state index contributed by atoms with van der Waals surface area (Å²) in [6.07, 6.45) is 0. The van der Waals surface area contributed by atoms with Crippen LogP contribution in [0.1, 0.15) is 0 Å². The molecule has 0 aromatic heterocycles. The van der Waals surface area contributed by atoms with Gasteiger partial charge in [-0.1, -0.05) is 0 Å². The normalized spacial score (nSPS) is 9.00. The molecule has 1 aromatic carbocycles. The summed E-state index contributed by atoms with van der Waals surface area (Å²) in [6.45, 7) is 0. The van der Waals surface area contributed by atoms with Crippen LogP contribution in [0.3, 0.4) is 0 Å². The fourth-order valence-electron chi connectivity index (χ4n) is 0.771. The minimum absolute atomic E-state index is 1.04. The number of hydrogen-bond acceptors (Lipinski definition) is 1. The van der Waals surface area contributed by atoms with Gasteiger partial charge in [0.2, 0.25) is 0 Å². The maximum absolute atomic E-state index is 5.62. The van der Waals surface area contributed by atoms with Crippen molar-refractivity contribution in [3.8, 4) is 5.75 Å². The number of hydrogen-bond donors (Lipinski definition) is 0. The number of rotatable bonds is 2. The Bertz CT molecular complexity index is 184. The van der Waals surface area contributed by atoms with Crippen molar-refractivity contribution >= 4 is 21.9 Å². The van der Waals surface area contributed by atoms with Gasteiger partial charge in [0, 0.05) is 0 Å². The van der Waals surface area contributed by atoms with E-state index in [-0.39, 0.29) is 0 Å². The Morgan fingerprint density at radius 3 is 2.20 bits per heavy atom. The van der Waals surface area contributed by atoms with Crippen LogP contribution < -0.4 is 2.85 Å². The van der Waals surface area contributed by atoms with Gasteiger partial charge in [0.25, 0.3) is 0 Å². The zero-order chi connectivity index (χ0) is 7.40. The summed E-state index contributed by atoms with van der Waals surface area (Å²) < 4.78 is 10.1. The molecule has 1 rings (SSSR count). The standard InChI is InChI=1S/C6H6O.2CH3.In/c7-6-4-2-1-3-5-6;;;/h1-5,7H;2*1H3;/q;;;+1/p-1. The molecule has 0 aliphatic carbocycles. The third-order valence-electron chi connectivity index (χ3n) is 1.11. The molecule has 0 aliphatic heterocycles. The monoisotopic (exact) mass is 238 g/mol. The first kappa shape index (κ1) is 7.99. The molecule has 0 heterocycles. The van der Waals surface area contributed by atoms with Gasteiger partial charge in [-0.15, -0.1) is 0 Å². The molecule has 2 heteroatoms. The minimum atomic E-state index is -1.49. The van der Waals surface area contributed by atoms with Crippen molar-refractivity contribution < 1.29 is 2.85 Å². The molecule has 1 nitrogen and oxygen atoms in total. The van der Waals surface area contributed by atoms with Crippen LogP contribution in [0.5, 0.6) is 5.75 Å². The summed E-state index contributed by atoms with van der Waals surface area (Å²) in [5.74, 6) is 1.04. The predicted octanol–water partition coefficient (Wildman–Crippen LogP) is 2.32. The van der Waals surface area contributed by atoms with Crippen LogP contribution >= 0.6 is 0 Å². The molecule has 10 heavy (non-hydrogen) atoms. The SMILES string of the molecule is [CH3][In]([CH3])[O]c1ccccc1. The van der Waals surface area contributed by atoms with Crippen molar-refractivity contribution in [3.63, 3.8) is 0 Å². The summed E-state index contributed by atoms with van der Waals surface area (Å²) >= 11 is -1.49. The number of para-hydroxylation sites is 1. The average molecular weight is 238 g/mol. The van der Waals surface area contributed by atoms with Gasteiger partial charge >= 0.3 is 70.2 Å². The van der Waals surface area contributed by atoms with Crippen molar-refractivity contribution in [3.05, 3.63) is 30.3 Å². The Kier molecular flexibility index (Phi) is 3.13. The summed E-state index contributed by atoms with van der Waals surface area (Å²) in [5.41, 5.74) is 0. The van der Waals surface area contributed by atoms with E-state index in [9.17, 15) is 0 Å². The zero-order valence-corrected chi connectivity index (χ0v) is 9.67. The van der Waals surface area contributed by atoms with Gasteiger partial charge in [0.15, 0.2) is 0 Å². The molecule has 0 saturated carbocycles. The molecule has 0 bridgehead atoms. The molecule has 0 saturated heterocycles. The van der Waals surface area contributed by atoms with Gasteiger partial charge in [0.05, 0.1) is 0 Å². The second kappa shape index (κ2) is 3.91. The molecule has 0 amide bonds. The van der Waals surface area contributed by atoms with E-state index in [1.807, 2.05) is 30.3 Å². The summed E-state index contributed by atoms with van der Waals surface area (Å²) in [4.78, 5) is 0. The van der Waals surface area contributed by atoms with Crippen molar-refractivity contribution in [1.29, 1.82) is 0 Å². The molecular formula is C8H11InO. The van der Waals surface area contributed by atoms with Crippen LogP contribution in [-0.2, 0) is 0 Å². The predicted molar refractivity (Wildman–Crippen MR) is 44.6 cm³/mol. The molecule has 0 atom stereocenters. The van der Waals surface area contributed by atoms with Crippen molar-refractivity contribution in [2.75, 3.05) is 0 Å². The number of benzene rings is 1. The Hall–Kier alpha value is -0.110. The summed E-state index contributed by atoms with van der Waals surface area (Å²) in [5, 5.41) is 0. The molecule has 52 valence electrons. The third-order valence-corrected chi connectivity index (χ3v) is 3.24. The van der Waals surface area contributed by atoms with E-state index in [1.165, 1.54) is 0 Å². The molecule has 0 fully saturated rings. The Morgan fingerprint density at radius 2 is 1.70 bits per heavy atom. The Balaban J connectivity index is 2.59. The molecule has 0 radical (unpaired) electrons. The van der Waals surface area contributed by atoms with E-state index < -0.39 is 21.9 Å². The first-order valence-electron chi connectivity index (χ1n) is 3.51.